The summed E-state index contributed by atoms with van der Waals surface area (Å²) in [5, 5.41) is 3.23. The van der Waals surface area contributed by atoms with Gasteiger partial charge >= 0.3 is 0 Å². The highest BCUT2D eigenvalue weighted by atomic mass is 32.2. The van der Waals surface area contributed by atoms with Crippen LogP contribution in [0, 0.1) is 17.5 Å². The molecule has 0 bridgehead atoms. The summed E-state index contributed by atoms with van der Waals surface area (Å²) in [4.78, 5) is 15.0. The molecule has 1 aliphatic carbocycles. The highest BCUT2D eigenvalue weighted by Crippen LogP contribution is 2.45. The van der Waals surface area contributed by atoms with Gasteiger partial charge in [-0.1, -0.05) is 0 Å². The van der Waals surface area contributed by atoms with Gasteiger partial charge in [0.05, 0.1) is 17.0 Å². The average Bonchev–Trinajstić information content (AvgIpc) is 3.02. The second-order valence-corrected chi connectivity index (χ2v) is 10.3. The fraction of sp³-hybridized carbons (Fsp3) is 0.318. The summed E-state index contributed by atoms with van der Waals surface area (Å²) in [5.74, 6) is -2.45. The van der Waals surface area contributed by atoms with Crippen LogP contribution in [0.2, 0.25) is 0 Å². The number of carbonyl (C=O) groups excluding carboxylic acids is 1. The molecule has 1 saturated carbocycles. The molecule has 0 atom stereocenters. The molecule has 0 aliphatic heterocycles. The maximum Gasteiger partial charge on any atom is 0.221 e. The van der Waals surface area contributed by atoms with Gasteiger partial charge in [0.25, 0.3) is 0 Å². The number of carbonyl (C=O) groups is 1. The van der Waals surface area contributed by atoms with E-state index in [1.807, 2.05) is 0 Å². The van der Waals surface area contributed by atoms with Gasteiger partial charge in [0.1, 0.15) is 27.3 Å². The van der Waals surface area contributed by atoms with Crippen LogP contribution in [0.15, 0.2) is 36.4 Å². The summed E-state index contributed by atoms with van der Waals surface area (Å²) in [6.07, 6.45) is 2.06. The highest BCUT2D eigenvalue weighted by molar-refractivity contribution is 7.90. The molecule has 9 heteroatoms. The minimum atomic E-state index is -3.22. The first-order chi connectivity index (χ1) is 14.6. The zero-order valence-corrected chi connectivity index (χ0v) is 17.5. The number of benzene rings is 2. The fourth-order valence-electron chi connectivity index (χ4n) is 4.06. The highest BCUT2D eigenvalue weighted by Gasteiger charge is 2.35. The molecule has 1 amide bonds. The van der Waals surface area contributed by atoms with Crippen molar-refractivity contribution in [3.8, 4) is 11.3 Å². The van der Waals surface area contributed by atoms with E-state index in [1.165, 1.54) is 18.2 Å². The summed E-state index contributed by atoms with van der Waals surface area (Å²) >= 11 is 0. The van der Waals surface area contributed by atoms with Crippen LogP contribution in [0.4, 0.5) is 13.2 Å². The van der Waals surface area contributed by atoms with Crippen molar-refractivity contribution in [1.82, 2.24) is 10.3 Å². The van der Waals surface area contributed by atoms with E-state index in [0.29, 0.717) is 29.5 Å². The van der Waals surface area contributed by atoms with Gasteiger partial charge in [0.15, 0.2) is 0 Å². The summed E-state index contributed by atoms with van der Waals surface area (Å²) in [6, 6.07) is 7.67. The van der Waals surface area contributed by atoms with E-state index in [-0.39, 0.29) is 35.6 Å². The molecule has 5 nitrogen and oxygen atoms in total. The smallest absolute Gasteiger partial charge is 0.221 e. The van der Waals surface area contributed by atoms with Crippen molar-refractivity contribution in [2.24, 2.45) is 0 Å². The zero-order valence-electron chi connectivity index (χ0n) is 16.7. The third-order valence-electron chi connectivity index (χ3n) is 5.61. The number of aromatic nitrogens is 1. The van der Waals surface area contributed by atoms with E-state index < -0.39 is 27.3 Å². The number of halogens is 3. The molecule has 4 rings (SSSR count). The molecule has 1 aliphatic rings. The molecule has 31 heavy (non-hydrogen) atoms. The summed E-state index contributed by atoms with van der Waals surface area (Å²) < 4.78 is 64.2. The monoisotopic (exact) mass is 450 g/mol. The Balaban J connectivity index is 1.59. The quantitative estimate of drug-likeness (QED) is 0.595. The van der Waals surface area contributed by atoms with Crippen LogP contribution in [0.3, 0.4) is 0 Å². The number of fused-ring (bicyclic) bond motifs is 1. The lowest BCUT2D eigenvalue weighted by Gasteiger charge is -2.36. The molecular formula is C22H21F3N2O3S. The predicted molar refractivity (Wildman–Crippen MR) is 112 cm³/mol. The number of H-pyrrole nitrogens is 1. The molecule has 0 saturated heterocycles. The fourth-order valence-corrected chi connectivity index (χ4v) is 4.61. The molecule has 1 aromatic heterocycles. The lowest BCUT2D eigenvalue weighted by atomic mass is 9.74. The van der Waals surface area contributed by atoms with Crippen molar-refractivity contribution < 1.29 is 26.4 Å². The first-order valence-corrected chi connectivity index (χ1v) is 11.9. The van der Waals surface area contributed by atoms with Crippen molar-refractivity contribution in [2.75, 3.05) is 12.0 Å². The van der Waals surface area contributed by atoms with E-state index >= 15 is 0 Å². The predicted octanol–water partition coefficient (Wildman–Crippen LogP) is 4.05. The van der Waals surface area contributed by atoms with E-state index in [1.54, 1.807) is 12.1 Å². The van der Waals surface area contributed by atoms with Gasteiger partial charge < -0.3 is 10.3 Å². The Hall–Kier alpha value is -2.81. The maximum absolute atomic E-state index is 14.4. The lowest BCUT2D eigenvalue weighted by Crippen LogP contribution is -2.43. The second kappa shape index (κ2) is 8.03. The standard InChI is InChI=1S/C22H21F3N2O3S/c1-31(29,30)7-6-19(28)26-16-8-13(9-16)20-17-10-15(24)11-18(25)22(17)27-21(20)12-2-4-14(23)5-3-12/h2-5,10-11,13,16,27H,6-9H2,1H3,(H,26,28)/t13-,16+. The minimum Gasteiger partial charge on any atom is -0.353 e. The number of sulfone groups is 1. The van der Waals surface area contributed by atoms with Gasteiger partial charge in [0, 0.05) is 30.2 Å². The summed E-state index contributed by atoms with van der Waals surface area (Å²) in [6.45, 7) is 0. The Kier molecular flexibility index (Phi) is 5.55. The molecule has 2 aromatic carbocycles. The van der Waals surface area contributed by atoms with Crippen LogP contribution in [-0.4, -0.2) is 37.4 Å². The molecule has 164 valence electrons. The minimum absolute atomic E-state index is 0.0739. The van der Waals surface area contributed by atoms with E-state index in [2.05, 4.69) is 10.3 Å². The number of amides is 1. The number of hydrogen-bond donors (Lipinski definition) is 2. The van der Waals surface area contributed by atoms with E-state index in [0.717, 1.165) is 17.9 Å². The van der Waals surface area contributed by atoms with Gasteiger partial charge in [-0.15, -0.1) is 0 Å². The third kappa shape index (κ3) is 4.61. The molecule has 1 fully saturated rings. The van der Waals surface area contributed by atoms with Crippen LogP contribution < -0.4 is 5.32 Å². The molecule has 2 N–H and O–H groups in total. The van der Waals surface area contributed by atoms with E-state index in [4.69, 9.17) is 0 Å². The average molecular weight is 450 g/mol. The first-order valence-electron chi connectivity index (χ1n) is 9.84. The van der Waals surface area contributed by atoms with Crippen molar-refractivity contribution in [3.63, 3.8) is 0 Å². The normalized spacial score (nSPS) is 18.7. The molecule has 3 aromatic rings. The van der Waals surface area contributed by atoms with Gasteiger partial charge in [-0.05, 0) is 60.2 Å². The van der Waals surface area contributed by atoms with Gasteiger partial charge in [-0.25, -0.2) is 21.6 Å². The Bertz CT molecular complexity index is 1250. The first kappa shape index (κ1) is 21.4. The molecule has 0 unspecified atom stereocenters. The van der Waals surface area contributed by atoms with Crippen molar-refractivity contribution in [1.29, 1.82) is 0 Å². The Morgan fingerprint density at radius 3 is 2.42 bits per heavy atom. The van der Waals surface area contributed by atoms with Crippen LogP contribution in [0.5, 0.6) is 0 Å². The topological polar surface area (TPSA) is 79.0 Å². The molecule has 0 radical (unpaired) electrons. The van der Waals surface area contributed by atoms with Crippen molar-refractivity contribution in [2.45, 2.75) is 31.2 Å². The second-order valence-electron chi connectivity index (χ2n) is 8.04. The summed E-state index contributed by atoms with van der Waals surface area (Å²) in [5.41, 5.74) is 2.14. The van der Waals surface area contributed by atoms with Crippen molar-refractivity contribution >= 4 is 26.6 Å². The number of aromatic amines is 1. The molecular weight excluding hydrogens is 429 g/mol. The van der Waals surface area contributed by atoms with Gasteiger partial charge in [-0.2, -0.15) is 0 Å². The molecule has 0 spiro atoms. The summed E-state index contributed by atoms with van der Waals surface area (Å²) in [7, 11) is -3.22. The Labute approximate surface area is 177 Å². The van der Waals surface area contributed by atoms with Crippen LogP contribution in [0.25, 0.3) is 22.2 Å². The molecule has 1 heterocycles. The lowest BCUT2D eigenvalue weighted by molar-refractivity contribution is -0.122. The third-order valence-corrected chi connectivity index (χ3v) is 6.55. The Morgan fingerprint density at radius 2 is 1.77 bits per heavy atom. The van der Waals surface area contributed by atoms with Gasteiger partial charge in [0.2, 0.25) is 5.91 Å². The zero-order chi connectivity index (χ0) is 22.3. The van der Waals surface area contributed by atoms with E-state index in [9.17, 15) is 26.4 Å². The number of hydrogen-bond acceptors (Lipinski definition) is 3. The maximum atomic E-state index is 14.4. The Morgan fingerprint density at radius 1 is 1.10 bits per heavy atom. The van der Waals surface area contributed by atoms with Crippen molar-refractivity contribution in [3.05, 3.63) is 59.4 Å². The SMILES string of the molecule is CS(=O)(=O)CCC(=O)N[C@H]1C[C@@H](c2c(-c3ccc(F)cc3)[nH]c3c(F)cc(F)cc32)C1. The number of rotatable bonds is 6. The number of nitrogens with one attached hydrogen (secondary N) is 2. The largest absolute Gasteiger partial charge is 0.353 e. The van der Waals surface area contributed by atoms with Gasteiger partial charge in [-0.3, -0.25) is 4.79 Å². The van der Waals surface area contributed by atoms with Crippen LogP contribution in [0.1, 0.15) is 30.7 Å². The van der Waals surface area contributed by atoms with Crippen LogP contribution in [-0.2, 0) is 14.6 Å². The van der Waals surface area contributed by atoms with Crippen LogP contribution >= 0.6 is 0 Å².